The lowest BCUT2D eigenvalue weighted by Crippen LogP contribution is -2.10. The van der Waals surface area contributed by atoms with E-state index in [1.165, 1.54) is 0 Å². The molecule has 1 unspecified atom stereocenters. The first-order valence-electron chi connectivity index (χ1n) is 6.10. The van der Waals surface area contributed by atoms with E-state index in [1.54, 1.807) is 24.5 Å². The normalized spacial score (nSPS) is 12.8. The summed E-state index contributed by atoms with van der Waals surface area (Å²) in [4.78, 5) is 8.37. The number of halogens is 2. The van der Waals surface area contributed by atoms with Crippen molar-refractivity contribution in [1.82, 2.24) is 14.5 Å². The predicted molar refractivity (Wildman–Crippen MR) is 82.2 cm³/mol. The van der Waals surface area contributed by atoms with E-state index in [0.29, 0.717) is 16.0 Å². The summed E-state index contributed by atoms with van der Waals surface area (Å²) >= 11 is 12.1. The molecule has 4 nitrogen and oxygen atoms in total. The Morgan fingerprint density at radius 1 is 1.15 bits per heavy atom. The fourth-order valence-corrected chi connectivity index (χ4v) is 2.62. The highest BCUT2D eigenvalue weighted by atomic mass is 35.5. The van der Waals surface area contributed by atoms with Gasteiger partial charge in [0.2, 0.25) is 5.95 Å². The molecule has 20 heavy (non-hydrogen) atoms. The summed E-state index contributed by atoms with van der Waals surface area (Å²) in [5.41, 5.74) is 8.73. The molecule has 0 spiro atoms. The van der Waals surface area contributed by atoms with Gasteiger partial charge in [-0.1, -0.05) is 23.2 Å². The molecular formula is C14H12Cl2N4. The number of anilines is 1. The van der Waals surface area contributed by atoms with Crippen molar-refractivity contribution in [3.05, 3.63) is 52.3 Å². The van der Waals surface area contributed by atoms with E-state index in [9.17, 15) is 0 Å². The van der Waals surface area contributed by atoms with Crippen LogP contribution in [-0.4, -0.2) is 14.5 Å². The van der Waals surface area contributed by atoms with E-state index in [1.807, 2.05) is 16.7 Å². The van der Waals surface area contributed by atoms with Gasteiger partial charge in [0.05, 0.1) is 27.1 Å². The number of hydrogen-bond acceptors (Lipinski definition) is 3. The quantitative estimate of drug-likeness (QED) is 0.780. The van der Waals surface area contributed by atoms with Gasteiger partial charge in [-0.25, -0.2) is 4.98 Å². The first-order chi connectivity index (χ1) is 9.58. The molecule has 0 aliphatic carbocycles. The molecule has 102 valence electrons. The van der Waals surface area contributed by atoms with Crippen molar-refractivity contribution in [2.75, 3.05) is 5.73 Å². The third-order valence-electron chi connectivity index (χ3n) is 3.33. The van der Waals surface area contributed by atoms with Crippen LogP contribution in [0.4, 0.5) is 5.95 Å². The molecule has 0 aliphatic heterocycles. The van der Waals surface area contributed by atoms with Gasteiger partial charge in [0.1, 0.15) is 0 Å². The van der Waals surface area contributed by atoms with Crippen LogP contribution in [-0.2, 0) is 0 Å². The van der Waals surface area contributed by atoms with E-state index in [4.69, 9.17) is 28.9 Å². The smallest absolute Gasteiger partial charge is 0.201 e. The Kier molecular flexibility index (Phi) is 3.28. The lowest BCUT2D eigenvalue weighted by molar-refractivity contribution is 0.667. The molecule has 0 saturated heterocycles. The number of pyridine rings is 1. The molecule has 0 amide bonds. The van der Waals surface area contributed by atoms with Crippen molar-refractivity contribution in [1.29, 1.82) is 0 Å². The summed E-state index contributed by atoms with van der Waals surface area (Å²) in [6.45, 7) is 2.05. The summed E-state index contributed by atoms with van der Waals surface area (Å²) in [6.07, 6.45) is 3.51. The fraction of sp³-hybridized carbons (Fsp3) is 0.143. The van der Waals surface area contributed by atoms with Gasteiger partial charge in [-0.2, -0.15) is 0 Å². The largest absolute Gasteiger partial charge is 0.369 e. The molecule has 1 aromatic carbocycles. The van der Waals surface area contributed by atoms with Gasteiger partial charge < -0.3 is 10.3 Å². The van der Waals surface area contributed by atoms with E-state index >= 15 is 0 Å². The van der Waals surface area contributed by atoms with Gasteiger partial charge >= 0.3 is 0 Å². The standard InChI is InChI=1S/C14H12Cl2N4/c1-8(9-2-4-18-5-3-9)20-13-7-11(16)10(15)6-12(13)19-14(20)17/h2-8H,1H3,(H2,17,19). The van der Waals surface area contributed by atoms with Crippen molar-refractivity contribution >= 4 is 40.2 Å². The third-order valence-corrected chi connectivity index (χ3v) is 4.06. The minimum absolute atomic E-state index is 0.0280. The van der Waals surface area contributed by atoms with Crippen molar-refractivity contribution in [3.8, 4) is 0 Å². The maximum Gasteiger partial charge on any atom is 0.201 e. The highest BCUT2D eigenvalue weighted by molar-refractivity contribution is 6.42. The summed E-state index contributed by atoms with van der Waals surface area (Å²) in [5, 5.41) is 0.961. The van der Waals surface area contributed by atoms with Crippen LogP contribution in [0, 0.1) is 0 Å². The van der Waals surface area contributed by atoms with E-state index in [0.717, 1.165) is 16.6 Å². The minimum atomic E-state index is 0.0280. The number of aromatic nitrogens is 3. The van der Waals surface area contributed by atoms with Crippen molar-refractivity contribution in [2.24, 2.45) is 0 Å². The average Bonchev–Trinajstić information content (AvgIpc) is 2.75. The summed E-state index contributed by atoms with van der Waals surface area (Å²) in [7, 11) is 0. The van der Waals surface area contributed by atoms with Crippen LogP contribution in [0.15, 0.2) is 36.7 Å². The molecule has 2 aromatic heterocycles. The van der Waals surface area contributed by atoms with Crippen LogP contribution in [0.1, 0.15) is 18.5 Å². The molecule has 0 aliphatic rings. The zero-order valence-corrected chi connectivity index (χ0v) is 12.2. The Morgan fingerprint density at radius 2 is 1.80 bits per heavy atom. The van der Waals surface area contributed by atoms with Crippen LogP contribution in [0.3, 0.4) is 0 Å². The lowest BCUT2D eigenvalue weighted by atomic mass is 10.1. The summed E-state index contributed by atoms with van der Waals surface area (Å²) < 4.78 is 1.94. The van der Waals surface area contributed by atoms with Gasteiger partial charge in [-0.15, -0.1) is 0 Å². The molecule has 2 heterocycles. The van der Waals surface area contributed by atoms with Crippen LogP contribution in [0.25, 0.3) is 11.0 Å². The Bertz CT molecular complexity index is 768. The van der Waals surface area contributed by atoms with E-state index in [-0.39, 0.29) is 6.04 Å². The van der Waals surface area contributed by atoms with Gasteiger partial charge in [0.15, 0.2) is 0 Å². The van der Waals surface area contributed by atoms with Crippen LogP contribution in [0.5, 0.6) is 0 Å². The number of imidazole rings is 1. The average molecular weight is 307 g/mol. The number of fused-ring (bicyclic) bond motifs is 1. The Morgan fingerprint density at radius 3 is 2.50 bits per heavy atom. The number of nitrogens with zero attached hydrogens (tertiary/aromatic N) is 3. The van der Waals surface area contributed by atoms with Crippen molar-refractivity contribution in [3.63, 3.8) is 0 Å². The van der Waals surface area contributed by atoms with Crippen molar-refractivity contribution in [2.45, 2.75) is 13.0 Å². The van der Waals surface area contributed by atoms with Crippen LogP contribution < -0.4 is 5.73 Å². The second-order valence-electron chi connectivity index (χ2n) is 4.55. The molecule has 1 atom stereocenters. The molecule has 3 rings (SSSR count). The Balaban J connectivity index is 2.21. The second-order valence-corrected chi connectivity index (χ2v) is 5.37. The van der Waals surface area contributed by atoms with E-state index < -0.39 is 0 Å². The molecule has 2 N–H and O–H groups in total. The van der Waals surface area contributed by atoms with Gasteiger partial charge in [0, 0.05) is 12.4 Å². The van der Waals surface area contributed by atoms with E-state index in [2.05, 4.69) is 16.9 Å². The van der Waals surface area contributed by atoms with Crippen LogP contribution in [0.2, 0.25) is 10.0 Å². The molecule has 0 radical (unpaired) electrons. The zero-order chi connectivity index (χ0) is 14.3. The van der Waals surface area contributed by atoms with Gasteiger partial charge in [-0.3, -0.25) is 4.98 Å². The highest BCUT2D eigenvalue weighted by Crippen LogP contribution is 2.32. The molecule has 0 fully saturated rings. The molecule has 0 bridgehead atoms. The maximum atomic E-state index is 6.10. The monoisotopic (exact) mass is 306 g/mol. The van der Waals surface area contributed by atoms with Gasteiger partial charge in [-0.05, 0) is 36.8 Å². The Hall–Kier alpha value is -1.78. The summed E-state index contributed by atoms with van der Waals surface area (Å²) in [6, 6.07) is 7.45. The predicted octanol–water partition coefficient (Wildman–Crippen LogP) is 3.93. The van der Waals surface area contributed by atoms with Crippen molar-refractivity contribution < 1.29 is 0 Å². The highest BCUT2D eigenvalue weighted by Gasteiger charge is 2.17. The maximum absolute atomic E-state index is 6.10. The van der Waals surface area contributed by atoms with Crippen LogP contribution >= 0.6 is 23.2 Å². The first-order valence-corrected chi connectivity index (χ1v) is 6.86. The third kappa shape index (κ3) is 2.11. The molecule has 0 saturated carbocycles. The Labute approximate surface area is 126 Å². The topological polar surface area (TPSA) is 56.7 Å². The lowest BCUT2D eigenvalue weighted by Gasteiger charge is -2.16. The number of rotatable bonds is 2. The fourth-order valence-electron chi connectivity index (χ4n) is 2.31. The number of nitrogen functional groups attached to an aromatic ring is 1. The second kappa shape index (κ2) is 4.96. The molecule has 3 aromatic rings. The number of hydrogen-bond donors (Lipinski definition) is 1. The number of benzene rings is 1. The molecule has 6 heteroatoms. The minimum Gasteiger partial charge on any atom is -0.369 e. The molecular weight excluding hydrogens is 295 g/mol. The zero-order valence-electron chi connectivity index (χ0n) is 10.7. The first kappa shape index (κ1) is 13.2. The van der Waals surface area contributed by atoms with Gasteiger partial charge in [0.25, 0.3) is 0 Å². The number of nitrogens with two attached hydrogens (primary N) is 1. The summed E-state index contributed by atoms with van der Waals surface area (Å²) in [5.74, 6) is 0.433. The SMILES string of the molecule is CC(c1ccncc1)n1c(N)nc2cc(Cl)c(Cl)cc21.